The van der Waals surface area contributed by atoms with Crippen LogP contribution >= 0.6 is 0 Å². The van der Waals surface area contributed by atoms with Gasteiger partial charge in [-0.1, -0.05) is 0 Å². The van der Waals surface area contributed by atoms with Crippen LogP contribution in [0.2, 0.25) is 0 Å². The van der Waals surface area contributed by atoms with Crippen LogP contribution in [0.25, 0.3) is 0 Å². The number of ether oxygens (including phenoxy) is 1. The van der Waals surface area contributed by atoms with E-state index in [0.29, 0.717) is 11.3 Å². The summed E-state index contributed by atoms with van der Waals surface area (Å²) < 4.78 is 5.43. The third-order valence-electron chi connectivity index (χ3n) is 3.03. The predicted octanol–water partition coefficient (Wildman–Crippen LogP) is 0.598. The number of hydrogen-bond acceptors (Lipinski definition) is 4. The SMILES string of the molecule is CCOC1CC(NC(=O)c2c(N)n[nH]c2C)C1. The van der Waals surface area contributed by atoms with Gasteiger partial charge in [0, 0.05) is 18.3 Å². The highest BCUT2D eigenvalue weighted by atomic mass is 16.5. The molecule has 0 radical (unpaired) electrons. The highest BCUT2D eigenvalue weighted by molar-refractivity contribution is 5.99. The number of aromatic amines is 1. The van der Waals surface area contributed by atoms with Gasteiger partial charge in [-0.25, -0.2) is 0 Å². The second-order valence-electron chi connectivity index (χ2n) is 4.33. The zero-order chi connectivity index (χ0) is 12.4. The summed E-state index contributed by atoms with van der Waals surface area (Å²) in [7, 11) is 0. The second kappa shape index (κ2) is 4.75. The Balaban J connectivity index is 1.87. The van der Waals surface area contributed by atoms with Crippen molar-refractivity contribution >= 4 is 11.7 Å². The first-order chi connectivity index (χ1) is 8.11. The zero-order valence-corrected chi connectivity index (χ0v) is 10.1. The molecule has 1 aliphatic carbocycles. The lowest BCUT2D eigenvalue weighted by molar-refractivity contribution is -0.00861. The molecule has 1 heterocycles. The van der Waals surface area contributed by atoms with E-state index in [1.54, 1.807) is 6.92 Å². The molecule has 6 heteroatoms. The molecule has 0 spiro atoms. The van der Waals surface area contributed by atoms with E-state index in [1.165, 1.54) is 0 Å². The van der Waals surface area contributed by atoms with Crippen molar-refractivity contribution in [3.05, 3.63) is 11.3 Å². The van der Waals surface area contributed by atoms with Crippen molar-refractivity contribution in [1.29, 1.82) is 0 Å². The van der Waals surface area contributed by atoms with E-state index in [2.05, 4.69) is 15.5 Å². The lowest BCUT2D eigenvalue weighted by Crippen LogP contribution is -2.48. The van der Waals surface area contributed by atoms with Gasteiger partial charge in [-0.05, 0) is 26.7 Å². The Labute approximate surface area is 99.9 Å². The number of aryl methyl sites for hydroxylation is 1. The maximum atomic E-state index is 11.9. The average Bonchev–Trinajstić information content (AvgIpc) is 2.55. The fraction of sp³-hybridized carbons (Fsp3) is 0.636. The topological polar surface area (TPSA) is 93.0 Å². The number of nitrogens with one attached hydrogen (secondary N) is 2. The zero-order valence-electron chi connectivity index (χ0n) is 10.1. The Morgan fingerprint density at radius 2 is 2.35 bits per heavy atom. The van der Waals surface area contributed by atoms with Crippen LogP contribution in [0.4, 0.5) is 5.82 Å². The molecule has 0 unspecified atom stereocenters. The molecule has 1 amide bonds. The van der Waals surface area contributed by atoms with Gasteiger partial charge in [0.1, 0.15) is 5.56 Å². The van der Waals surface area contributed by atoms with Crippen LogP contribution in [0.3, 0.4) is 0 Å². The Morgan fingerprint density at radius 3 is 2.88 bits per heavy atom. The predicted molar refractivity (Wildman–Crippen MR) is 63.6 cm³/mol. The lowest BCUT2D eigenvalue weighted by Gasteiger charge is -2.35. The molecule has 1 aliphatic rings. The first-order valence-electron chi connectivity index (χ1n) is 5.84. The number of nitrogens with two attached hydrogens (primary N) is 1. The van der Waals surface area contributed by atoms with Crippen molar-refractivity contribution < 1.29 is 9.53 Å². The molecule has 0 bridgehead atoms. The third kappa shape index (κ3) is 2.41. The largest absolute Gasteiger partial charge is 0.382 e. The van der Waals surface area contributed by atoms with Gasteiger partial charge in [-0.2, -0.15) is 5.10 Å². The molecular weight excluding hydrogens is 220 g/mol. The van der Waals surface area contributed by atoms with Crippen LogP contribution in [0.5, 0.6) is 0 Å². The van der Waals surface area contributed by atoms with Crippen molar-refractivity contribution in [3.63, 3.8) is 0 Å². The molecule has 0 aliphatic heterocycles. The molecule has 1 aromatic rings. The molecule has 0 aromatic carbocycles. The summed E-state index contributed by atoms with van der Waals surface area (Å²) in [6, 6.07) is 0.188. The minimum absolute atomic E-state index is 0.159. The highest BCUT2D eigenvalue weighted by Crippen LogP contribution is 2.24. The van der Waals surface area contributed by atoms with Gasteiger partial charge in [-0.3, -0.25) is 9.89 Å². The number of amides is 1. The van der Waals surface area contributed by atoms with Crippen molar-refractivity contribution in [2.24, 2.45) is 0 Å². The molecule has 2 rings (SSSR count). The minimum atomic E-state index is -0.159. The van der Waals surface area contributed by atoms with Gasteiger partial charge >= 0.3 is 0 Å². The van der Waals surface area contributed by atoms with Gasteiger partial charge in [-0.15, -0.1) is 0 Å². The number of carbonyl (C=O) groups excluding carboxylic acids is 1. The summed E-state index contributed by atoms with van der Waals surface area (Å²) in [5.41, 5.74) is 6.77. The summed E-state index contributed by atoms with van der Waals surface area (Å²) in [6.45, 7) is 4.47. The number of nitrogens with zero attached hydrogens (tertiary/aromatic N) is 1. The lowest BCUT2D eigenvalue weighted by atomic mass is 9.89. The van der Waals surface area contributed by atoms with Gasteiger partial charge in [0.25, 0.3) is 5.91 Å². The summed E-state index contributed by atoms with van der Waals surface area (Å²) >= 11 is 0. The van der Waals surface area contributed by atoms with Crippen molar-refractivity contribution in [2.45, 2.75) is 38.8 Å². The molecular formula is C11H18N4O2. The fourth-order valence-electron chi connectivity index (χ4n) is 2.05. The van der Waals surface area contributed by atoms with E-state index in [-0.39, 0.29) is 23.9 Å². The van der Waals surface area contributed by atoms with Crippen LogP contribution < -0.4 is 11.1 Å². The molecule has 17 heavy (non-hydrogen) atoms. The van der Waals surface area contributed by atoms with Gasteiger partial charge in [0.2, 0.25) is 0 Å². The smallest absolute Gasteiger partial charge is 0.257 e. The Hall–Kier alpha value is -1.56. The highest BCUT2D eigenvalue weighted by Gasteiger charge is 2.31. The number of anilines is 1. The first-order valence-corrected chi connectivity index (χ1v) is 5.84. The maximum Gasteiger partial charge on any atom is 0.257 e. The van der Waals surface area contributed by atoms with Crippen LogP contribution in [-0.2, 0) is 4.74 Å². The number of rotatable bonds is 4. The quantitative estimate of drug-likeness (QED) is 0.716. The van der Waals surface area contributed by atoms with E-state index >= 15 is 0 Å². The molecule has 0 atom stereocenters. The summed E-state index contributed by atoms with van der Waals surface area (Å²) in [5, 5.41) is 9.43. The summed E-state index contributed by atoms with van der Waals surface area (Å²) in [5.74, 6) is 0.0920. The number of carbonyl (C=O) groups is 1. The Kier molecular flexibility index (Phi) is 3.33. The fourth-order valence-corrected chi connectivity index (χ4v) is 2.05. The van der Waals surface area contributed by atoms with Crippen LogP contribution in [-0.4, -0.2) is 34.9 Å². The number of nitrogen functional groups attached to an aromatic ring is 1. The molecule has 6 nitrogen and oxygen atoms in total. The van der Waals surface area contributed by atoms with Gasteiger partial charge in [0.05, 0.1) is 6.10 Å². The van der Waals surface area contributed by atoms with Crippen molar-refractivity contribution in [3.8, 4) is 0 Å². The van der Waals surface area contributed by atoms with E-state index in [0.717, 1.165) is 19.4 Å². The second-order valence-corrected chi connectivity index (χ2v) is 4.33. The first kappa shape index (κ1) is 11.9. The van der Waals surface area contributed by atoms with Gasteiger partial charge in [0.15, 0.2) is 5.82 Å². The van der Waals surface area contributed by atoms with E-state index in [9.17, 15) is 4.79 Å². The molecule has 4 N–H and O–H groups in total. The average molecular weight is 238 g/mol. The molecule has 1 aromatic heterocycles. The van der Waals surface area contributed by atoms with Crippen LogP contribution in [0.1, 0.15) is 35.8 Å². The monoisotopic (exact) mass is 238 g/mol. The summed E-state index contributed by atoms with van der Waals surface area (Å²) in [6.07, 6.45) is 2.03. The Bertz CT molecular complexity index is 390. The normalized spacial score (nSPS) is 23.2. The van der Waals surface area contributed by atoms with Crippen molar-refractivity contribution in [1.82, 2.24) is 15.5 Å². The van der Waals surface area contributed by atoms with E-state index in [1.807, 2.05) is 6.92 Å². The maximum absolute atomic E-state index is 11.9. The number of H-pyrrole nitrogens is 1. The summed E-state index contributed by atoms with van der Waals surface area (Å²) in [4.78, 5) is 11.9. The minimum Gasteiger partial charge on any atom is -0.382 e. The molecule has 0 saturated heterocycles. The number of hydrogen-bond donors (Lipinski definition) is 3. The molecule has 1 fully saturated rings. The molecule has 1 saturated carbocycles. The van der Waals surface area contributed by atoms with E-state index in [4.69, 9.17) is 10.5 Å². The molecule has 94 valence electrons. The third-order valence-corrected chi connectivity index (χ3v) is 3.03. The van der Waals surface area contributed by atoms with Crippen molar-refractivity contribution in [2.75, 3.05) is 12.3 Å². The number of aromatic nitrogens is 2. The van der Waals surface area contributed by atoms with Crippen LogP contribution in [0.15, 0.2) is 0 Å². The Morgan fingerprint density at radius 1 is 1.65 bits per heavy atom. The van der Waals surface area contributed by atoms with Gasteiger partial charge < -0.3 is 15.8 Å². The van der Waals surface area contributed by atoms with Crippen LogP contribution in [0, 0.1) is 6.92 Å². The van der Waals surface area contributed by atoms with E-state index < -0.39 is 0 Å². The standard InChI is InChI=1S/C11H18N4O2/c1-3-17-8-4-7(5-8)13-11(16)9-6(2)14-15-10(9)12/h7-8H,3-5H2,1-2H3,(H,13,16)(H3,12,14,15).